The summed E-state index contributed by atoms with van der Waals surface area (Å²) in [5, 5.41) is 13.2. The molecule has 0 saturated heterocycles. The largest absolute Gasteiger partial charge is 0.467 e. The third kappa shape index (κ3) is 2.19. The van der Waals surface area contributed by atoms with Gasteiger partial charge >= 0.3 is 0 Å². The molecule has 0 unspecified atom stereocenters. The lowest BCUT2D eigenvalue weighted by molar-refractivity contribution is 0.0948. The Balaban J connectivity index is 1.54. The van der Waals surface area contributed by atoms with Crippen LogP contribution in [0.5, 0.6) is 0 Å². The molecule has 5 rings (SSSR count). The first kappa shape index (κ1) is 13.9. The highest BCUT2D eigenvalue weighted by molar-refractivity contribution is 6.16. The minimum absolute atomic E-state index is 0.136. The highest BCUT2D eigenvalue weighted by Gasteiger charge is 2.12. The number of benzene rings is 2. The van der Waals surface area contributed by atoms with Gasteiger partial charge in [-0.25, -0.2) is 0 Å². The fraction of sp³-hybridized carbons (Fsp3) is 0.0526. The van der Waals surface area contributed by atoms with Crippen LogP contribution in [0.4, 0.5) is 0 Å². The van der Waals surface area contributed by atoms with Gasteiger partial charge in [0.2, 0.25) is 0 Å². The van der Waals surface area contributed by atoms with Gasteiger partial charge in [-0.15, -0.1) is 0 Å². The molecule has 0 atom stereocenters. The molecule has 6 nitrogen and oxygen atoms in total. The molecule has 0 aliphatic carbocycles. The van der Waals surface area contributed by atoms with Crippen molar-refractivity contribution in [1.29, 1.82) is 0 Å². The van der Waals surface area contributed by atoms with E-state index in [0.717, 1.165) is 38.5 Å². The fourth-order valence-electron chi connectivity index (χ4n) is 3.21. The van der Waals surface area contributed by atoms with Crippen LogP contribution in [-0.2, 0) is 6.54 Å². The number of aromatic nitrogens is 3. The van der Waals surface area contributed by atoms with Crippen LogP contribution < -0.4 is 5.32 Å². The monoisotopic (exact) mass is 330 g/mol. The van der Waals surface area contributed by atoms with Gasteiger partial charge in [-0.3, -0.25) is 9.89 Å². The molecule has 25 heavy (non-hydrogen) atoms. The average Bonchev–Trinajstić information content (AvgIpc) is 3.36. The quantitative estimate of drug-likeness (QED) is 0.471. The summed E-state index contributed by atoms with van der Waals surface area (Å²) in [7, 11) is 0. The second-order valence-corrected chi connectivity index (χ2v) is 5.97. The minimum Gasteiger partial charge on any atom is -0.467 e. The topological polar surface area (TPSA) is 86.7 Å². The van der Waals surface area contributed by atoms with Crippen molar-refractivity contribution in [2.24, 2.45) is 0 Å². The molecule has 0 spiro atoms. The second kappa shape index (κ2) is 5.24. The first-order valence-corrected chi connectivity index (χ1v) is 7.98. The first-order chi connectivity index (χ1) is 12.3. The number of rotatable bonds is 3. The molecular formula is C19H14N4O2. The van der Waals surface area contributed by atoms with Crippen molar-refractivity contribution < 1.29 is 9.21 Å². The van der Waals surface area contributed by atoms with Crippen LogP contribution >= 0.6 is 0 Å². The number of carbonyl (C=O) groups excluding carboxylic acids is 1. The zero-order chi connectivity index (χ0) is 16.8. The molecule has 0 saturated carbocycles. The number of H-pyrrole nitrogens is 2. The Labute approximate surface area is 141 Å². The molecular weight excluding hydrogens is 316 g/mol. The average molecular weight is 330 g/mol. The van der Waals surface area contributed by atoms with Crippen LogP contribution in [0.3, 0.4) is 0 Å². The number of aromatic amines is 2. The molecule has 0 bridgehead atoms. The smallest absolute Gasteiger partial charge is 0.251 e. The van der Waals surface area contributed by atoms with Crippen LogP contribution in [0.15, 0.2) is 59.3 Å². The van der Waals surface area contributed by atoms with Crippen molar-refractivity contribution >= 4 is 38.6 Å². The molecule has 1 amide bonds. The highest BCUT2D eigenvalue weighted by Crippen LogP contribution is 2.30. The summed E-state index contributed by atoms with van der Waals surface area (Å²) in [5.41, 5.74) is 3.49. The molecule has 3 N–H and O–H groups in total. The van der Waals surface area contributed by atoms with E-state index in [4.69, 9.17) is 4.42 Å². The molecule has 5 aromatic rings. The van der Waals surface area contributed by atoms with E-state index in [0.29, 0.717) is 12.1 Å². The summed E-state index contributed by atoms with van der Waals surface area (Å²) in [6.07, 6.45) is 3.39. The van der Waals surface area contributed by atoms with Gasteiger partial charge in [0.05, 0.1) is 30.0 Å². The van der Waals surface area contributed by atoms with Gasteiger partial charge in [0.1, 0.15) is 5.76 Å². The number of nitrogens with zero attached hydrogens (tertiary/aromatic N) is 1. The Kier molecular flexibility index (Phi) is 2.90. The Hall–Kier alpha value is -3.54. The Morgan fingerprint density at radius 2 is 2.04 bits per heavy atom. The molecule has 0 aliphatic rings. The number of amides is 1. The van der Waals surface area contributed by atoms with Gasteiger partial charge in [-0.05, 0) is 24.3 Å². The number of hydrogen-bond acceptors (Lipinski definition) is 3. The van der Waals surface area contributed by atoms with Gasteiger partial charge < -0.3 is 14.7 Å². The molecule has 0 fully saturated rings. The summed E-state index contributed by atoms with van der Waals surface area (Å²) < 4.78 is 5.23. The third-order valence-electron chi connectivity index (χ3n) is 4.45. The third-order valence-corrected chi connectivity index (χ3v) is 4.45. The zero-order valence-corrected chi connectivity index (χ0v) is 13.2. The van der Waals surface area contributed by atoms with Crippen molar-refractivity contribution in [2.45, 2.75) is 6.54 Å². The number of fused-ring (bicyclic) bond motifs is 5. The summed E-state index contributed by atoms with van der Waals surface area (Å²) in [5.74, 6) is 0.588. The van der Waals surface area contributed by atoms with Crippen molar-refractivity contribution in [2.75, 3.05) is 0 Å². The molecule has 6 heteroatoms. The molecule has 3 heterocycles. The van der Waals surface area contributed by atoms with Gasteiger partial charge in [0, 0.05) is 27.2 Å². The Morgan fingerprint density at radius 3 is 2.92 bits per heavy atom. The summed E-state index contributed by atoms with van der Waals surface area (Å²) >= 11 is 0. The maximum Gasteiger partial charge on any atom is 0.251 e. The van der Waals surface area contributed by atoms with E-state index in [1.165, 1.54) is 0 Å². The fourth-order valence-corrected chi connectivity index (χ4v) is 3.21. The molecule has 0 aliphatic heterocycles. The molecule has 0 radical (unpaired) electrons. The van der Waals surface area contributed by atoms with Crippen LogP contribution in [-0.4, -0.2) is 21.1 Å². The number of furan rings is 1. The van der Waals surface area contributed by atoms with E-state index in [1.54, 1.807) is 18.5 Å². The van der Waals surface area contributed by atoms with Crippen molar-refractivity contribution in [3.63, 3.8) is 0 Å². The van der Waals surface area contributed by atoms with Gasteiger partial charge in [0.15, 0.2) is 0 Å². The highest BCUT2D eigenvalue weighted by atomic mass is 16.3. The van der Waals surface area contributed by atoms with Crippen LogP contribution in [0.25, 0.3) is 32.7 Å². The van der Waals surface area contributed by atoms with Gasteiger partial charge in [0.25, 0.3) is 5.91 Å². The van der Waals surface area contributed by atoms with Crippen LogP contribution in [0.1, 0.15) is 16.1 Å². The summed E-state index contributed by atoms with van der Waals surface area (Å²) in [6, 6.07) is 13.4. The lowest BCUT2D eigenvalue weighted by Gasteiger charge is -2.03. The van der Waals surface area contributed by atoms with E-state index in [9.17, 15) is 4.79 Å². The first-order valence-electron chi connectivity index (χ1n) is 7.98. The number of carbonyl (C=O) groups is 1. The maximum atomic E-state index is 12.4. The number of nitrogens with one attached hydrogen (secondary N) is 3. The lowest BCUT2D eigenvalue weighted by Crippen LogP contribution is -2.22. The maximum absolute atomic E-state index is 12.4. The second-order valence-electron chi connectivity index (χ2n) is 5.97. The zero-order valence-electron chi connectivity index (χ0n) is 13.2. The van der Waals surface area contributed by atoms with Crippen molar-refractivity contribution in [1.82, 2.24) is 20.5 Å². The SMILES string of the molecule is O=C(NCc1ccco1)c1ccc2c(c1)[nH]c1c2ccc2cn[nH]c21. The summed E-state index contributed by atoms with van der Waals surface area (Å²) in [4.78, 5) is 15.8. The van der Waals surface area contributed by atoms with E-state index < -0.39 is 0 Å². The standard InChI is InChI=1S/C19H14N4O2/c24-19(20-10-13-2-1-7-25-13)11-3-5-14-15-6-4-12-9-21-23-17(12)18(15)22-16(14)8-11/h1-9,22H,10H2,(H,20,24)(H,21,23). The minimum atomic E-state index is -0.136. The predicted octanol–water partition coefficient (Wildman–Crippen LogP) is 3.72. The molecule has 2 aromatic carbocycles. The van der Waals surface area contributed by atoms with Crippen LogP contribution in [0.2, 0.25) is 0 Å². The Morgan fingerprint density at radius 1 is 1.12 bits per heavy atom. The molecule has 122 valence electrons. The van der Waals surface area contributed by atoms with Gasteiger partial charge in [-0.1, -0.05) is 18.2 Å². The predicted molar refractivity (Wildman–Crippen MR) is 95.3 cm³/mol. The summed E-state index contributed by atoms with van der Waals surface area (Å²) in [6.45, 7) is 0.366. The lowest BCUT2D eigenvalue weighted by atomic mass is 10.1. The number of hydrogen-bond donors (Lipinski definition) is 3. The van der Waals surface area contributed by atoms with E-state index in [2.05, 4.69) is 26.6 Å². The van der Waals surface area contributed by atoms with E-state index in [1.807, 2.05) is 30.3 Å². The van der Waals surface area contributed by atoms with Crippen molar-refractivity contribution in [3.8, 4) is 0 Å². The van der Waals surface area contributed by atoms with E-state index >= 15 is 0 Å². The normalized spacial score (nSPS) is 11.5. The van der Waals surface area contributed by atoms with Crippen molar-refractivity contribution in [3.05, 3.63) is 66.2 Å². The van der Waals surface area contributed by atoms with E-state index in [-0.39, 0.29) is 5.91 Å². The van der Waals surface area contributed by atoms with Gasteiger partial charge in [-0.2, -0.15) is 5.10 Å². The Bertz CT molecular complexity index is 1210. The molecule has 3 aromatic heterocycles. The van der Waals surface area contributed by atoms with Crippen LogP contribution in [0, 0.1) is 0 Å².